The molecular weight excluding hydrogens is 396 g/mol. The average Bonchev–Trinajstić information content (AvgIpc) is 3.21. The van der Waals surface area contributed by atoms with Crippen LogP contribution in [0.3, 0.4) is 0 Å². The van der Waals surface area contributed by atoms with E-state index in [1.807, 2.05) is 21.6 Å². The van der Waals surface area contributed by atoms with Gasteiger partial charge in [-0.2, -0.15) is 0 Å². The SMILES string of the molecule is COc1cc(/C=C/C(=O)NCCNC(=O)CCCCC2CCSS2)ccc1O. The van der Waals surface area contributed by atoms with Gasteiger partial charge in [-0.05, 0) is 43.0 Å². The fraction of sp³-hybridized carbons (Fsp3) is 0.500. The molecule has 1 saturated heterocycles. The highest BCUT2D eigenvalue weighted by Crippen LogP contribution is 2.39. The number of aromatic hydroxyl groups is 1. The van der Waals surface area contributed by atoms with Crippen LogP contribution < -0.4 is 15.4 Å². The maximum Gasteiger partial charge on any atom is 0.244 e. The van der Waals surface area contributed by atoms with Crippen molar-refractivity contribution in [3.8, 4) is 11.5 Å². The van der Waals surface area contributed by atoms with Crippen LogP contribution in [0.25, 0.3) is 6.08 Å². The summed E-state index contributed by atoms with van der Waals surface area (Å²) >= 11 is 0. The maximum absolute atomic E-state index is 11.8. The monoisotopic (exact) mass is 424 g/mol. The predicted octanol–water partition coefficient (Wildman–Crippen LogP) is 3.36. The standard InChI is InChI=1S/C20H28N2O4S2/c1-26-18-14-15(6-8-17(18)23)7-9-20(25)22-12-11-21-19(24)5-3-2-4-16-10-13-27-28-16/h6-9,14,16,23H,2-5,10-13H2,1H3,(H,21,24)(H,22,25)/b9-7+. The lowest BCUT2D eigenvalue weighted by atomic mass is 10.1. The summed E-state index contributed by atoms with van der Waals surface area (Å²) < 4.78 is 5.03. The fourth-order valence-electron chi connectivity index (χ4n) is 2.73. The van der Waals surface area contributed by atoms with Gasteiger partial charge >= 0.3 is 0 Å². The van der Waals surface area contributed by atoms with Crippen molar-refractivity contribution in [2.45, 2.75) is 37.4 Å². The number of ether oxygens (including phenoxy) is 1. The number of unbranched alkanes of at least 4 members (excludes halogenated alkanes) is 1. The Kier molecular flexibility index (Phi) is 10.1. The second-order valence-corrected chi connectivity index (χ2v) is 9.27. The number of phenolic OH excluding ortho intramolecular Hbond substituents is 1. The Morgan fingerprint density at radius 3 is 2.86 bits per heavy atom. The molecule has 1 heterocycles. The maximum atomic E-state index is 11.8. The summed E-state index contributed by atoms with van der Waals surface area (Å²) in [5.74, 6) is 1.45. The molecule has 0 bridgehead atoms. The zero-order valence-electron chi connectivity index (χ0n) is 16.1. The van der Waals surface area contributed by atoms with Crippen molar-refractivity contribution in [3.05, 3.63) is 29.8 Å². The van der Waals surface area contributed by atoms with Crippen LogP contribution in [0.15, 0.2) is 24.3 Å². The van der Waals surface area contributed by atoms with Gasteiger partial charge in [0.25, 0.3) is 0 Å². The van der Waals surface area contributed by atoms with Crippen molar-refractivity contribution in [2.75, 3.05) is 26.0 Å². The van der Waals surface area contributed by atoms with Gasteiger partial charge in [-0.3, -0.25) is 9.59 Å². The molecule has 28 heavy (non-hydrogen) atoms. The van der Waals surface area contributed by atoms with Crippen LogP contribution >= 0.6 is 21.6 Å². The minimum atomic E-state index is -0.242. The van der Waals surface area contributed by atoms with E-state index in [4.69, 9.17) is 4.74 Å². The van der Waals surface area contributed by atoms with Crippen molar-refractivity contribution in [2.24, 2.45) is 0 Å². The van der Waals surface area contributed by atoms with Gasteiger partial charge in [-0.1, -0.05) is 34.1 Å². The second-order valence-electron chi connectivity index (χ2n) is 6.48. The van der Waals surface area contributed by atoms with Crippen molar-refractivity contribution < 1.29 is 19.4 Å². The number of hydrogen-bond donors (Lipinski definition) is 3. The second kappa shape index (κ2) is 12.6. The van der Waals surface area contributed by atoms with Gasteiger partial charge in [0.15, 0.2) is 11.5 Å². The van der Waals surface area contributed by atoms with Crippen molar-refractivity contribution in [1.29, 1.82) is 0 Å². The summed E-state index contributed by atoms with van der Waals surface area (Å²) in [5.41, 5.74) is 0.743. The van der Waals surface area contributed by atoms with E-state index in [0.717, 1.165) is 23.7 Å². The first-order chi connectivity index (χ1) is 13.6. The molecule has 0 aromatic heterocycles. The lowest BCUT2D eigenvalue weighted by Crippen LogP contribution is -2.33. The fourth-order valence-corrected chi connectivity index (χ4v) is 5.75. The van der Waals surface area contributed by atoms with Gasteiger partial charge in [0.2, 0.25) is 11.8 Å². The van der Waals surface area contributed by atoms with E-state index in [1.54, 1.807) is 18.2 Å². The number of carbonyl (C=O) groups is 2. The van der Waals surface area contributed by atoms with E-state index in [-0.39, 0.29) is 17.6 Å². The van der Waals surface area contributed by atoms with Crippen molar-refractivity contribution >= 4 is 39.5 Å². The van der Waals surface area contributed by atoms with E-state index < -0.39 is 0 Å². The van der Waals surface area contributed by atoms with E-state index in [2.05, 4.69) is 10.6 Å². The Hall–Kier alpha value is -1.80. The summed E-state index contributed by atoms with van der Waals surface area (Å²) in [4.78, 5) is 23.6. The number of benzene rings is 1. The van der Waals surface area contributed by atoms with Crippen LogP contribution in [-0.4, -0.2) is 48.1 Å². The highest BCUT2D eigenvalue weighted by molar-refractivity contribution is 8.77. The topological polar surface area (TPSA) is 87.7 Å². The Labute approximate surface area is 174 Å². The van der Waals surface area contributed by atoms with Crippen LogP contribution in [-0.2, 0) is 9.59 Å². The van der Waals surface area contributed by atoms with Crippen molar-refractivity contribution in [3.63, 3.8) is 0 Å². The van der Waals surface area contributed by atoms with Gasteiger partial charge in [0.1, 0.15) is 0 Å². The van der Waals surface area contributed by atoms with Crippen LogP contribution in [0.1, 0.15) is 37.7 Å². The highest BCUT2D eigenvalue weighted by atomic mass is 33.1. The Bertz CT molecular complexity index is 676. The number of rotatable bonds is 11. The van der Waals surface area contributed by atoms with Crippen molar-refractivity contribution in [1.82, 2.24) is 10.6 Å². The first-order valence-corrected chi connectivity index (χ1v) is 11.8. The number of methoxy groups -OCH3 is 1. The largest absolute Gasteiger partial charge is 0.504 e. The Morgan fingerprint density at radius 1 is 1.29 bits per heavy atom. The molecule has 1 aliphatic heterocycles. The molecule has 1 aromatic rings. The first kappa shape index (κ1) is 22.5. The van der Waals surface area contributed by atoms with Crippen LogP contribution in [0.2, 0.25) is 0 Å². The quantitative estimate of drug-likeness (QED) is 0.287. The van der Waals surface area contributed by atoms with Gasteiger partial charge in [0.05, 0.1) is 7.11 Å². The molecule has 0 aliphatic carbocycles. The van der Waals surface area contributed by atoms with Gasteiger partial charge in [-0.15, -0.1) is 0 Å². The number of amides is 2. The normalized spacial score (nSPS) is 16.2. The van der Waals surface area contributed by atoms with Crippen LogP contribution in [0, 0.1) is 0 Å². The van der Waals surface area contributed by atoms with Gasteiger partial charge < -0.3 is 20.5 Å². The molecule has 1 atom stereocenters. The third-order valence-electron chi connectivity index (χ3n) is 4.28. The molecule has 1 fully saturated rings. The summed E-state index contributed by atoms with van der Waals surface area (Å²) in [5, 5.41) is 15.9. The molecule has 0 radical (unpaired) electrons. The molecule has 2 rings (SSSR count). The molecule has 1 aromatic carbocycles. The van der Waals surface area contributed by atoms with E-state index in [1.165, 1.54) is 37.8 Å². The van der Waals surface area contributed by atoms with Crippen LogP contribution in [0.5, 0.6) is 11.5 Å². The minimum Gasteiger partial charge on any atom is -0.504 e. The third kappa shape index (κ3) is 8.48. The Morgan fingerprint density at radius 2 is 2.11 bits per heavy atom. The average molecular weight is 425 g/mol. The highest BCUT2D eigenvalue weighted by Gasteiger charge is 2.15. The molecule has 6 nitrogen and oxygen atoms in total. The Balaban J connectivity index is 1.54. The zero-order chi connectivity index (χ0) is 20.2. The van der Waals surface area contributed by atoms with Gasteiger partial charge in [0, 0.05) is 36.6 Å². The van der Waals surface area contributed by atoms with E-state index in [0.29, 0.717) is 25.3 Å². The predicted molar refractivity (Wildman–Crippen MR) is 117 cm³/mol. The molecule has 2 amide bonds. The summed E-state index contributed by atoms with van der Waals surface area (Å²) in [6, 6.07) is 4.84. The van der Waals surface area contributed by atoms with E-state index >= 15 is 0 Å². The zero-order valence-corrected chi connectivity index (χ0v) is 17.7. The molecule has 1 aliphatic rings. The number of nitrogens with one attached hydrogen (secondary N) is 2. The molecule has 3 N–H and O–H groups in total. The number of carbonyl (C=O) groups excluding carboxylic acids is 2. The van der Waals surface area contributed by atoms with E-state index in [9.17, 15) is 14.7 Å². The van der Waals surface area contributed by atoms with Gasteiger partial charge in [-0.25, -0.2) is 0 Å². The molecular formula is C20H28N2O4S2. The minimum absolute atomic E-state index is 0.0365. The molecule has 8 heteroatoms. The third-order valence-corrected chi connectivity index (χ3v) is 7.29. The molecule has 154 valence electrons. The van der Waals surface area contributed by atoms with Crippen LogP contribution in [0.4, 0.5) is 0 Å². The molecule has 0 saturated carbocycles. The molecule has 1 unspecified atom stereocenters. The summed E-state index contributed by atoms with van der Waals surface area (Å²) in [7, 11) is 5.40. The first-order valence-electron chi connectivity index (χ1n) is 9.46. The molecule has 0 spiro atoms. The smallest absolute Gasteiger partial charge is 0.244 e. The summed E-state index contributed by atoms with van der Waals surface area (Å²) in [6.07, 6.45) is 8.08. The number of hydrogen-bond acceptors (Lipinski definition) is 6. The number of phenols is 1. The summed E-state index contributed by atoms with van der Waals surface area (Å²) in [6.45, 7) is 0.796. The lowest BCUT2D eigenvalue weighted by Gasteiger charge is -2.08. The lowest BCUT2D eigenvalue weighted by molar-refractivity contribution is -0.121.